The Bertz CT molecular complexity index is 404. The molecule has 0 aliphatic rings. The predicted molar refractivity (Wildman–Crippen MR) is 69.5 cm³/mol. The molecule has 1 rings (SSSR count). The van der Waals surface area contributed by atoms with Crippen LogP contribution in [0, 0.1) is 3.57 Å². The van der Waals surface area contributed by atoms with Gasteiger partial charge in [-0.1, -0.05) is 0 Å². The molecule has 1 unspecified atom stereocenters. The number of carbonyl (C=O) groups excluding carboxylic acids is 2. The zero-order valence-electron chi connectivity index (χ0n) is 9.14. The average molecular weight is 349 g/mol. The lowest BCUT2D eigenvalue weighted by molar-refractivity contribution is -0.143. The molecule has 0 saturated carbocycles. The van der Waals surface area contributed by atoms with Gasteiger partial charge in [-0.3, -0.25) is 4.79 Å². The fraction of sp³-hybridized carbons (Fsp3) is 0.273. The molecule has 0 saturated heterocycles. The molecule has 0 heterocycles. The van der Waals surface area contributed by atoms with Crippen molar-refractivity contribution in [3.63, 3.8) is 0 Å². The summed E-state index contributed by atoms with van der Waals surface area (Å²) in [5.41, 5.74) is 0.424. The molecule has 6 heteroatoms. The summed E-state index contributed by atoms with van der Waals surface area (Å²) in [6.45, 7) is -0.497. The fourth-order valence-electron chi connectivity index (χ4n) is 1.16. The number of rotatable bonds is 4. The molecule has 1 aromatic rings. The second-order valence-electron chi connectivity index (χ2n) is 3.24. The second kappa shape index (κ2) is 6.55. The fourth-order valence-corrected chi connectivity index (χ4v) is 1.52. The van der Waals surface area contributed by atoms with Gasteiger partial charge in [0.25, 0.3) is 5.91 Å². The molecule has 0 radical (unpaired) electrons. The first kappa shape index (κ1) is 13.9. The van der Waals surface area contributed by atoms with E-state index in [2.05, 4.69) is 32.6 Å². The van der Waals surface area contributed by atoms with Gasteiger partial charge in [0.2, 0.25) is 0 Å². The molecule has 0 spiro atoms. The number of methoxy groups -OCH3 is 1. The highest BCUT2D eigenvalue weighted by molar-refractivity contribution is 14.1. The number of nitrogens with one attached hydrogen (secondary N) is 1. The van der Waals surface area contributed by atoms with Crippen LogP contribution in [0.5, 0.6) is 0 Å². The number of benzene rings is 1. The van der Waals surface area contributed by atoms with Gasteiger partial charge in [0.1, 0.15) is 0 Å². The minimum atomic E-state index is -1.04. The third kappa shape index (κ3) is 3.97. The lowest BCUT2D eigenvalue weighted by Gasteiger charge is -2.13. The summed E-state index contributed by atoms with van der Waals surface area (Å²) >= 11 is 2.12. The normalized spacial score (nSPS) is 11.7. The molecule has 92 valence electrons. The molecule has 0 bridgehead atoms. The standard InChI is InChI=1S/C11H12INO4/c1-17-11(16)9(6-14)13-10(15)7-2-4-8(12)5-3-7/h2-5,9,14H,6H2,1H3,(H,13,15). The van der Waals surface area contributed by atoms with Crippen molar-refractivity contribution in [1.29, 1.82) is 0 Å². The number of aliphatic hydroxyl groups excluding tert-OH is 1. The Hall–Kier alpha value is -1.15. The van der Waals surface area contributed by atoms with E-state index in [1.807, 2.05) is 0 Å². The summed E-state index contributed by atoms with van der Waals surface area (Å²) in [5, 5.41) is 11.3. The first-order valence-corrected chi connectivity index (χ1v) is 5.91. The number of hydrogen-bond acceptors (Lipinski definition) is 4. The summed E-state index contributed by atoms with van der Waals surface area (Å²) in [6.07, 6.45) is 0. The molecule has 5 nitrogen and oxygen atoms in total. The van der Waals surface area contributed by atoms with E-state index < -0.39 is 24.5 Å². The van der Waals surface area contributed by atoms with E-state index in [-0.39, 0.29) is 0 Å². The first-order valence-electron chi connectivity index (χ1n) is 4.83. The largest absolute Gasteiger partial charge is 0.467 e. The number of aliphatic hydroxyl groups is 1. The van der Waals surface area contributed by atoms with Crippen LogP contribution in [0.2, 0.25) is 0 Å². The Morgan fingerprint density at radius 2 is 2.00 bits per heavy atom. The third-order valence-corrected chi connectivity index (χ3v) is 2.80. The van der Waals surface area contributed by atoms with Gasteiger partial charge in [0.05, 0.1) is 13.7 Å². The number of carbonyl (C=O) groups is 2. The van der Waals surface area contributed by atoms with E-state index in [0.29, 0.717) is 5.56 Å². The average Bonchev–Trinajstić information content (AvgIpc) is 2.35. The van der Waals surface area contributed by atoms with Crippen molar-refractivity contribution in [2.24, 2.45) is 0 Å². The zero-order chi connectivity index (χ0) is 12.8. The Morgan fingerprint density at radius 3 is 2.47 bits per heavy atom. The van der Waals surface area contributed by atoms with Crippen LogP contribution in [0.4, 0.5) is 0 Å². The van der Waals surface area contributed by atoms with Crippen LogP contribution in [-0.4, -0.2) is 36.7 Å². The molecule has 0 aromatic heterocycles. The molecule has 0 fully saturated rings. The highest BCUT2D eigenvalue weighted by atomic mass is 127. The summed E-state index contributed by atoms with van der Waals surface area (Å²) < 4.78 is 5.45. The van der Waals surface area contributed by atoms with E-state index in [1.165, 1.54) is 7.11 Å². The topological polar surface area (TPSA) is 75.6 Å². The lowest BCUT2D eigenvalue weighted by Crippen LogP contribution is -2.44. The first-order chi connectivity index (χ1) is 8.08. The van der Waals surface area contributed by atoms with Gasteiger partial charge in [-0.25, -0.2) is 4.79 Å². The van der Waals surface area contributed by atoms with E-state index in [0.717, 1.165) is 3.57 Å². The van der Waals surface area contributed by atoms with E-state index in [1.54, 1.807) is 24.3 Å². The minimum absolute atomic E-state index is 0.424. The molecular formula is C11H12INO4. The van der Waals surface area contributed by atoms with Gasteiger partial charge in [-0.05, 0) is 46.9 Å². The Labute approximate surface area is 112 Å². The van der Waals surface area contributed by atoms with E-state index in [4.69, 9.17) is 5.11 Å². The maximum Gasteiger partial charge on any atom is 0.330 e. The smallest absolute Gasteiger partial charge is 0.330 e. The number of esters is 1. The van der Waals surface area contributed by atoms with Crippen LogP contribution < -0.4 is 5.32 Å². The molecule has 1 atom stereocenters. The molecule has 1 aromatic carbocycles. The Morgan fingerprint density at radius 1 is 1.41 bits per heavy atom. The number of hydrogen-bond donors (Lipinski definition) is 2. The summed E-state index contributed by atoms with van der Waals surface area (Å²) in [7, 11) is 1.20. The van der Waals surface area contributed by atoms with Crippen molar-refractivity contribution in [2.75, 3.05) is 13.7 Å². The van der Waals surface area contributed by atoms with Gasteiger partial charge >= 0.3 is 5.97 Å². The number of halogens is 1. The van der Waals surface area contributed by atoms with Crippen LogP contribution >= 0.6 is 22.6 Å². The summed E-state index contributed by atoms with van der Waals surface area (Å²) in [4.78, 5) is 22.9. The predicted octanol–water partition coefficient (Wildman–Crippen LogP) is 0.555. The van der Waals surface area contributed by atoms with E-state index in [9.17, 15) is 9.59 Å². The van der Waals surface area contributed by atoms with Crippen molar-refractivity contribution in [1.82, 2.24) is 5.32 Å². The third-order valence-electron chi connectivity index (χ3n) is 2.08. The molecular weight excluding hydrogens is 337 g/mol. The summed E-state index contributed by atoms with van der Waals surface area (Å²) in [6, 6.07) is 5.81. The van der Waals surface area contributed by atoms with Crippen LogP contribution in [0.1, 0.15) is 10.4 Å². The zero-order valence-corrected chi connectivity index (χ0v) is 11.3. The van der Waals surface area contributed by atoms with Gasteiger partial charge in [0.15, 0.2) is 6.04 Å². The van der Waals surface area contributed by atoms with Crippen LogP contribution in [0.15, 0.2) is 24.3 Å². The Balaban J connectivity index is 2.71. The lowest BCUT2D eigenvalue weighted by atomic mass is 10.2. The SMILES string of the molecule is COC(=O)C(CO)NC(=O)c1ccc(I)cc1. The molecule has 1 amide bonds. The van der Waals surface area contributed by atoms with Crippen molar-refractivity contribution in [2.45, 2.75) is 6.04 Å². The van der Waals surface area contributed by atoms with E-state index >= 15 is 0 Å². The van der Waals surface area contributed by atoms with Crippen molar-refractivity contribution in [3.8, 4) is 0 Å². The maximum absolute atomic E-state index is 11.7. The van der Waals surface area contributed by atoms with Gasteiger partial charge in [0, 0.05) is 9.13 Å². The van der Waals surface area contributed by atoms with Crippen LogP contribution in [-0.2, 0) is 9.53 Å². The number of amides is 1. The van der Waals surface area contributed by atoms with Crippen LogP contribution in [0.25, 0.3) is 0 Å². The maximum atomic E-state index is 11.7. The van der Waals surface area contributed by atoms with Crippen molar-refractivity contribution < 1.29 is 19.4 Å². The monoisotopic (exact) mass is 349 g/mol. The van der Waals surface area contributed by atoms with Gasteiger partial charge in [-0.2, -0.15) is 0 Å². The molecule has 17 heavy (non-hydrogen) atoms. The van der Waals surface area contributed by atoms with Gasteiger partial charge < -0.3 is 15.2 Å². The molecule has 0 aliphatic heterocycles. The minimum Gasteiger partial charge on any atom is -0.467 e. The Kier molecular flexibility index (Phi) is 5.36. The van der Waals surface area contributed by atoms with Crippen molar-refractivity contribution in [3.05, 3.63) is 33.4 Å². The highest BCUT2D eigenvalue weighted by Crippen LogP contribution is 2.06. The quantitative estimate of drug-likeness (QED) is 0.615. The van der Waals surface area contributed by atoms with Crippen LogP contribution in [0.3, 0.4) is 0 Å². The van der Waals surface area contributed by atoms with Crippen molar-refractivity contribution >= 4 is 34.5 Å². The van der Waals surface area contributed by atoms with Gasteiger partial charge in [-0.15, -0.1) is 0 Å². The second-order valence-corrected chi connectivity index (χ2v) is 4.48. The summed E-state index contributed by atoms with van der Waals surface area (Å²) in [5.74, 6) is -1.10. The molecule has 2 N–H and O–H groups in total. The number of ether oxygens (including phenoxy) is 1. The molecule has 0 aliphatic carbocycles. The highest BCUT2D eigenvalue weighted by Gasteiger charge is 2.20.